The van der Waals surface area contributed by atoms with Crippen molar-refractivity contribution in [3.05, 3.63) is 63.6 Å². The molecule has 0 amide bonds. The number of ether oxygens (including phenoxy) is 1. The summed E-state index contributed by atoms with van der Waals surface area (Å²) in [4.78, 5) is 12.2. The van der Waals surface area contributed by atoms with Gasteiger partial charge in [0.05, 0.1) is 15.5 Å². The molecule has 0 fully saturated rings. The Kier molecular flexibility index (Phi) is 5.87. The lowest BCUT2D eigenvalue weighted by Gasteiger charge is -2.13. The molecule has 128 valence electrons. The Morgan fingerprint density at radius 1 is 1.12 bits per heavy atom. The van der Waals surface area contributed by atoms with Crippen LogP contribution in [0.3, 0.4) is 0 Å². The van der Waals surface area contributed by atoms with E-state index >= 15 is 0 Å². The second-order valence-electron chi connectivity index (χ2n) is 5.14. The monoisotopic (exact) mass is 387 g/mol. The quantitative estimate of drug-likeness (QED) is 0.735. The van der Waals surface area contributed by atoms with Crippen molar-refractivity contribution in [1.29, 1.82) is 0 Å². The highest BCUT2D eigenvalue weighted by molar-refractivity contribution is 7.89. The van der Waals surface area contributed by atoms with Gasteiger partial charge in [-0.15, -0.1) is 0 Å². The van der Waals surface area contributed by atoms with E-state index in [1.807, 2.05) is 0 Å². The van der Waals surface area contributed by atoms with E-state index in [0.717, 1.165) is 4.31 Å². The molecular weight excluding hydrogens is 373 g/mol. The third-order valence-electron chi connectivity index (χ3n) is 3.20. The number of rotatable bonds is 5. The largest absolute Gasteiger partial charge is 0.457 e. The molecule has 0 atom stereocenters. The van der Waals surface area contributed by atoms with Gasteiger partial charge in [0, 0.05) is 19.1 Å². The van der Waals surface area contributed by atoms with Crippen LogP contribution in [0.4, 0.5) is 0 Å². The van der Waals surface area contributed by atoms with Gasteiger partial charge in [0.2, 0.25) is 10.0 Å². The molecule has 0 spiro atoms. The van der Waals surface area contributed by atoms with Crippen LogP contribution < -0.4 is 0 Å². The molecule has 0 aliphatic carbocycles. The fourth-order valence-electron chi connectivity index (χ4n) is 1.89. The average Bonchev–Trinajstić information content (AvgIpc) is 2.52. The maximum absolute atomic E-state index is 12.2. The first-order valence-corrected chi connectivity index (χ1v) is 9.05. The number of esters is 1. The molecular formula is C16H15Cl2NO4S. The van der Waals surface area contributed by atoms with E-state index in [9.17, 15) is 13.2 Å². The molecule has 2 rings (SSSR count). The predicted molar refractivity (Wildman–Crippen MR) is 92.9 cm³/mol. The van der Waals surface area contributed by atoms with Crippen molar-refractivity contribution in [2.45, 2.75) is 11.5 Å². The summed E-state index contributed by atoms with van der Waals surface area (Å²) >= 11 is 11.9. The fraction of sp³-hybridized carbons (Fsp3) is 0.188. The molecule has 5 nitrogen and oxygen atoms in total. The van der Waals surface area contributed by atoms with Gasteiger partial charge in [-0.25, -0.2) is 17.5 Å². The minimum absolute atomic E-state index is 0.000377. The Morgan fingerprint density at radius 3 is 2.46 bits per heavy atom. The number of carbonyl (C=O) groups excluding carboxylic acids is 1. The van der Waals surface area contributed by atoms with Crippen LogP contribution in [0.25, 0.3) is 0 Å². The van der Waals surface area contributed by atoms with E-state index in [1.54, 1.807) is 24.3 Å². The van der Waals surface area contributed by atoms with Gasteiger partial charge in [-0.1, -0.05) is 35.3 Å². The SMILES string of the molecule is CN(C)S(=O)(=O)c1ccc(Cl)c(C(=O)OCc2cccc(Cl)c2)c1. The van der Waals surface area contributed by atoms with Gasteiger partial charge in [0.25, 0.3) is 0 Å². The summed E-state index contributed by atoms with van der Waals surface area (Å²) in [5.74, 6) is -0.712. The maximum atomic E-state index is 12.2. The van der Waals surface area contributed by atoms with Gasteiger partial charge in [-0.05, 0) is 35.9 Å². The van der Waals surface area contributed by atoms with Crippen molar-refractivity contribution in [2.24, 2.45) is 0 Å². The highest BCUT2D eigenvalue weighted by atomic mass is 35.5. The van der Waals surface area contributed by atoms with Crippen LogP contribution in [0.1, 0.15) is 15.9 Å². The Balaban J connectivity index is 2.23. The van der Waals surface area contributed by atoms with Gasteiger partial charge in [-0.2, -0.15) is 0 Å². The molecule has 0 aliphatic heterocycles. The van der Waals surface area contributed by atoms with Gasteiger partial charge in [0.15, 0.2) is 0 Å². The third kappa shape index (κ3) is 4.27. The van der Waals surface area contributed by atoms with Crippen LogP contribution in [0.5, 0.6) is 0 Å². The van der Waals surface area contributed by atoms with E-state index in [-0.39, 0.29) is 22.1 Å². The summed E-state index contributed by atoms with van der Waals surface area (Å²) in [7, 11) is -0.865. The van der Waals surface area contributed by atoms with E-state index in [4.69, 9.17) is 27.9 Å². The number of hydrogen-bond donors (Lipinski definition) is 0. The number of nitrogens with zero attached hydrogens (tertiary/aromatic N) is 1. The van der Waals surface area contributed by atoms with Crippen molar-refractivity contribution >= 4 is 39.2 Å². The van der Waals surface area contributed by atoms with E-state index < -0.39 is 16.0 Å². The number of halogens is 2. The van der Waals surface area contributed by atoms with Crippen LogP contribution in [0, 0.1) is 0 Å². The highest BCUT2D eigenvalue weighted by Gasteiger charge is 2.21. The van der Waals surface area contributed by atoms with Crippen LogP contribution >= 0.6 is 23.2 Å². The lowest BCUT2D eigenvalue weighted by Crippen LogP contribution is -2.22. The van der Waals surface area contributed by atoms with Crippen molar-refractivity contribution in [2.75, 3.05) is 14.1 Å². The zero-order valence-corrected chi connectivity index (χ0v) is 15.3. The third-order valence-corrected chi connectivity index (χ3v) is 5.57. The standard InChI is InChI=1S/C16H15Cl2NO4S/c1-19(2)24(21,22)13-6-7-15(18)14(9-13)16(20)23-10-11-4-3-5-12(17)8-11/h3-9H,10H2,1-2H3. The lowest BCUT2D eigenvalue weighted by molar-refractivity contribution is 0.0472. The molecule has 24 heavy (non-hydrogen) atoms. The molecule has 0 heterocycles. The number of hydrogen-bond acceptors (Lipinski definition) is 4. The molecule has 0 radical (unpaired) electrons. The molecule has 0 unspecified atom stereocenters. The maximum Gasteiger partial charge on any atom is 0.340 e. The minimum atomic E-state index is -3.67. The Bertz CT molecular complexity index is 866. The van der Waals surface area contributed by atoms with Gasteiger partial charge in [0.1, 0.15) is 6.61 Å². The first kappa shape index (κ1) is 18.7. The van der Waals surface area contributed by atoms with Crippen molar-refractivity contribution in [3.8, 4) is 0 Å². The first-order valence-electron chi connectivity index (χ1n) is 6.85. The summed E-state index contributed by atoms with van der Waals surface area (Å²) in [6.07, 6.45) is 0. The van der Waals surface area contributed by atoms with Gasteiger partial charge in [-0.3, -0.25) is 0 Å². The Morgan fingerprint density at radius 2 is 1.83 bits per heavy atom. The zero-order chi connectivity index (χ0) is 17.9. The molecule has 8 heteroatoms. The van der Waals surface area contributed by atoms with Crippen molar-refractivity contribution in [1.82, 2.24) is 4.31 Å². The number of sulfonamides is 1. The molecule has 2 aromatic carbocycles. The smallest absolute Gasteiger partial charge is 0.340 e. The second-order valence-corrected chi connectivity index (χ2v) is 8.13. The normalized spacial score (nSPS) is 11.5. The summed E-state index contributed by atoms with van der Waals surface area (Å²) in [6.45, 7) is 0.000377. The van der Waals surface area contributed by atoms with Crippen LogP contribution in [-0.2, 0) is 21.4 Å². The van der Waals surface area contributed by atoms with E-state index in [2.05, 4.69) is 0 Å². The summed E-state index contributed by atoms with van der Waals surface area (Å²) in [6, 6.07) is 10.8. The molecule has 0 saturated heterocycles. The summed E-state index contributed by atoms with van der Waals surface area (Å²) in [5, 5.41) is 0.643. The van der Waals surface area contributed by atoms with Crippen molar-refractivity contribution in [3.63, 3.8) is 0 Å². The summed E-state index contributed by atoms with van der Waals surface area (Å²) < 4.78 is 30.5. The van der Waals surface area contributed by atoms with Crippen molar-refractivity contribution < 1.29 is 17.9 Å². The molecule has 0 aliphatic rings. The molecule has 0 N–H and O–H groups in total. The number of benzene rings is 2. The fourth-order valence-corrected chi connectivity index (χ4v) is 3.22. The number of carbonyl (C=O) groups is 1. The van der Waals surface area contributed by atoms with Gasteiger partial charge < -0.3 is 4.74 Å². The summed E-state index contributed by atoms with van der Waals surface area (Å²) in [5.41, 5.74) is 0.700. The van der Waals surface area contributed by atoms with Crippen LogP contribution in [-0.4, -0.2) is 32.8 Å². The van der Waals surface area contributed by atoms with Crippen LogP contribution in [0.15, 0.2) is 47.4 Å². The Labute approximate surface area is 150 Å². The van der Waals surface area contributed by atoms with E-state index in [0.29, 0.717) is 10.6 Å². The molecule has 0 bridgehead atoms. The molecule has 2 aromatic rings. The lowest BCUT2D eigenvalue weighted by atomic mass is 10.2. The predicted octanol–water partition coefficient (Wildman–Crippen LogP) is 3.60. The first-order chi connectivity index (χ1) is 11.2. The minimum Gasteiger partial charge on any atom is -0.457 e. The highest BCUT2D eigenvalue weighted by Crippen LogP contribution is 2.23. The average molecular weight is 388 g/mol. The molecule has 0 aromatic heterocycles. The Hall–Kier alpha value is -1.60. The van der Waals surface area contributed by atoms with Crippen LogP contribution in [0.2, 0.25) is 10.0 Å². The topological polar surface area (TPSA) is 63.7 Å². The zero-order valence-electron chi connectivity index (χ0n) is 13.0. The van der Waals surface area contributed by atoms with E-state index in [1.165, 1.54) is 32.3 Å². The van der Waals surface area contributed by atoms with Gasteiger partial charge >= 0.3 is 5.97 Å². The second kappa shape index (κ2) is 7.53. The molecule has 0 saturated carbocycles.